The molecule has 0 bridgehead atoms. The lowest BCUT2D eigenvalue weighted by atomic mass is 10.1. The molecule has 0 unspecified atom stereocenters. The highest BCUT2D eigenvalue weighted by atomic mass is 16.2. The van der Waals surface area contributed by atoms with Gasteiger partial charge in [-0.3, -0.25) is 30.0 Å². The monoisotopic (exact) mass is 627 g/mol. The Morgan fingerprint density at radius 1 is 0.756 bits per heavy atom. The molecule has 0 saturated carbocycles. The van der Waals surface area contributed by atoms with Crippen LogP contribution in [0.3, 0.4) is 0 Å². The molecule has 4 amide bonds. The number of rotatable bonds is 11. The van der Waals surface area contributed by atoms with Gasteiger partial charge in [-0.15, -0.1) is 10.2 Å². The largest absolute Gasteiger partial charge is 0.388 e. The molecule has 0 atom stereocenters. The van der Waals surface area contributed by atoms with E-state index in [0.29, 0.717) is 11.4 Å². The van der Waals surface area contributed by atoms with Crippen LogP contribution in [0.2, 0.25) is 0 Å². The normalized spacial score (nSPS) is 10.1. The number of nitrogens with two attached hydrogens (primary N) is 6. The van der Waals surface area contributed by atoms with Crippen LogP contribution in [0.25, 0.3) is 0 Å². The van der Waals surface area contributed by atoms with Crippen LogP contribution in [0.5, 0.6) is 0 Å². The number of nitrogens with zero attached hydrogens (tertiary/aromatic N) is 2. The van der Waals surface area contributed by atoms with E-state index < -0.39 is 11.8 Å². The summed E-state index contributed by atoms with van der Waals surface area (Å²) in [5.41, 5.74) is 34.0. The van der Waals surface area contributed by atoms with Crippen molar-refractivity contribution >= 4 is 47.5 Å². The van der Waals surface area contributed by atoms with E-state index in [1.54, 1.807) is 31.2 Å². The van der Waals surface area contributed by atoms with Crippen molar-refractivity contribution in [1.29, 1.82) is 10.8 Å². The van der Waals surface area contributed by atoms with E-state index in [4.69, 9.17) is 44.3 Å². The van der Waals surface area contributed by atoms with E-state index in [2.05, 4.69) is 38.8 Å². The van der Waals surface area contributed by atoms with E-state index in [9.17, 15) is 14.4 Å². The fourth-order valence-corrected chi connectivity index (χ4v) is 2.66. The number of carbonyl (C=O) groups is 4. The van der Waals surface area contributed by atoms with Gasteiger partial charge in [0.05, 0.1) is 25.5 Å². The van der Waals surface area contributed by atoms with E-state index in [-0.39, 0.29) is 56.0 Å². The number of amidine groups is 4. The molecule has 0 fully saturated rings. The molecule has 246 valence electrons. The highest BCUT2D eigenvalue weighted by molar-refractivity contribution is 5.98. The Balaban J connectivity index is 0. The fraction of sp³-hybridized carbons (Fsp3) is 0.286. The van der Waals surface area contributed by atoms with Gasteiger partial charge in [-0.05, 0) is 31.4 Å². The molecule has 0 radical (unpaired) electrons. The number of benzene rings is 2. The maximum absolute atomic E-state index is 11.7. The molecular weight excluding hydrogens is 582 g/mol. The molecule has 0 aromatic heterocycles. The zero-order chi connectivity index (χ0) is 34.8. The quantitative estimate of drug-likeness (QED) is 0.0570. The molecule has 0 spiro atoms. The molecule has 2 aromatic rings. The van der Waals surface area contributed by atoms with Gasteiger partial charge >= 0.3 is 0 Å². The molecule has 17 nitrogen and oxygen atoms in total. The van der Waals surface area contributed by atoms with E-state index in [1.165, 1.54) is 12.5 Å². The minimum Gasteiger partial charge on any atom is -0.388 e. The predicted molar refractivity (Wildman–Crippen MR) is 176 cm³/mol. The number of nitrogens with one attached hydrogen (secondary N) is 5. The van der Waals surface area contributed by atoms with Crippen LogP contribution in [0.1, 0.15) is 43.0 Å². The second-order valence-electron chi connectivity index (χ2n) is 8.74. The zero-order valence-electron chi connectivity index (χ0n) is 25.7. The topological polar surface area (TPSA) is 333 Å². The zero-order valence-corrected chi connectivity index (χ0v) is 25.7. The van der Waals surface area contributed by atoms with Gasteiger partial charge in [0.1, 0.15) is 11.7 Å². The number of aryl methyl sites for hydroxylation is 1. The SMILES string of the molecule is C/C(N)=N/N=C(\N)c1ccc(CNC(=O)CNC(=O)CNC(=O)CN)cc1.CC(=N)N.CCc1ccc(C(=N)N)cc1.NC=O. The minimum absolute atomic E-state index is 0.132. The summed E-state index contributed by atoms with van der Waals surface area (Å²) in [5.74, 6) is -0.486. The van der Waals surface area contributed by atoms with Crippen LogP contribution >= 0.6 is 0 Å². The van der Waals surface area contributed by atoms with Crippen molar-refractivity contribution in [3.05, 3.63) is 70.8 Å². The lowest BCUT2D eigenvalue weighted by Gasteiger charge is -2.08. The average Bonchev–Trinajstić information content (AvgIpc) is 3.01. The highest BCUT2D eigenvalue weighted by Crippen LogP contribution is 2.05. The third-order valence-electron chi connectivity index (χ3n) is 4.81. The van der Waals surface area contributed by atoms with Crippen molar-refractivity contribution in [2.75, 3.05) is 19.6 Å². The third-order valence-corrected chi connectivity index (χ3v) is 4.81. The maximum Gasteiger partial charge on any atom is 0.239 e. The first-order chi connectivity index (χ1) is 21.2. The smallest absolute Gasteiger partial charge is 0.239 e. The number of nitrogen functional groups attached to an aromatic ring is 1. The molecule has 0 heterocycles. The lowest BCUT2D eigenvalue weighted by molar-refractivity contribution is -0.127. The Hall–Kier alpha value is -5.84. The molecular formula is C28H45N13O4. The van der Waals surface area contributed by atoms with Gasteiger partial charge < -0.3 is 50.4 Å². The second kappa shape index (κ2) is 24.7. The molecule has 0 saturated heterocycles. The molecule has 2 aromatic carbocycles. The Kier molecular flexibility index (Phi) is 22.7. The Labute approximate surface area is 262 Å². The highest BCUT2D eigenvalue weighted by Gasteiger charge is 2.07. The van der Waals surface area contributed by atoms with Gasteiger partial charge in [0.2, 0.25) is 24.1 Å². The van der Waals surface area contributed by atoms with Crippen molar-refractivity contribution in [3.63, 3.8) is 0 Å². The summed E-state index contributed by atoms with van der Waals surface area (Å²) in [6, 6.07) is 14.8. The van der Waals surface area contributed by atoms with Gasteiger partial charge in [-0.2, -0.15) is 0 Å². The summed E-state index contributed by atoms with van der Waals surface area (Å²) in [6.45, 7) is 4.86. The first-order valence-electron chi connectivity index (χ1n) is 13.3. The summed E-state index contributed by atoms with van der Waals surface area (Å²) in [6.07, 6.45) is 1.28. The number of primary amides is 1. The van der Waals surface area contributed by atoms with E-state index in [1.807, 2.05) is 24.3 Å². The standard InChI is InChI=1S/C16H24N8O3.C9H12N2.C2H6N2.CH3NO/c1-10(18)23-24-16(19)12-4-2-11(3-5-12)7-20-14(26)9-22-15(27)8-21-13(25)6-17;1-2-7-3-5-8(6-4-7)9(10)11;1-2(3)4;2-1-3/h2-5H,6-9,17H2,1H3,(H2,18,23)(H2,19,24)(H,20,26)(H,21,25)(H,22,27);3-6H,2H2,1H3,(H3,10,11);1H3,(H3,3,4);1H,(H2,2,3). The Bertz CT molecular complexity index is 1280. The first kappa shape index (κ1) is 41.3. The van der Waals surface area contributed by atoms with Crippen LogP contribution in [0.15, 0.2) is 58.7 Å². The van der Waals surface area contributed by atoms with Crippen molar-refractivity contribution in [3.8, 4) is 0 Å². The fourth-order valence-electron chi connectivity index (χ4n) is 2.66. The van der Waals surface area contributed by atoms with Gasteiger partial charge in [0.25, 0.3) is 0 Å². The van der Waals surface area contributed by atoms with Crippen molar-refractivity contribution in [2.45, 2.75) is 33.7 Å². The molecule has 17 N–H and O–H groups in total. The summed E-state index contributed by atoms with van der Waals surface area (Å²) < 4.78 is 0. The van der Waals surface area contributed by atoms with Gasteiger partial charge in [-0.1, -0.05) is 55.5 Å². The van der Waals surface area contributed by atoms with Crippen LogP contribution in [0, 0.1) is 10.8 Å². The van der Waals surface area contributed by atoms with Crippen LogP contribution in [0.4, 0.5) is 0 Å². The van der Waals surface area contributed by atoms with Crippen molar-refractivity contribution < 1.29 is 19.2 Å². The molecule has 17 heteroatoms. The lowest BCUT2D eigenvalue weighted by Crippen LogP contribution is -2.43. The summed E-state index contributed by atoms with van der Waals surface area (Å²) in [7, 11) is 0. The Morgan fingerprint density at radius 2 is 1.18 bits per heavy atom. The summed E-state index contributed by atoms with van der Waals surface area (Å²) >= 11 is 0. The number of hydrogen-bond donors (Lipinski definition) is 11. The molecule has 0 aliphatic carbocycles. The van der Waals surface area contributed by atoms with Gasteiger partial charge in [-0.25, -0.2) is 0 Å². The summed E-state index contributed by atoms with van der Waals surface area (Å²) in [5, 5.41) is 28.2. The molecule has 45 heavy (non-hydrogen) atoms. The number of hydrogen-bond acceptors (Lipinski definition) is 9. The van der Waals surface area contributed by atoms with E-state index >= 15 is 0 Å². The first-order valence-corrected chi connectivity index (χ1v) is 13.3. The van der Waals surface area contributed by atoms with Crippen LogP contribution < -0.4 is 50.4 Å². The predicted octanol–water partition coefficient (Wildman–Crippen LogP) is -1.93. The molecule has 2 rings (SSSR count). The maximum atomic E-state index is 11.7. The number of amides is 4. The third kappa shape index (κ3) is 23.4. The van der Waals surface area contributed by atoms with Crippen molar-refractivity contribution in [2.24, 2.45) is 44.6 Å². The van der Waals surface area contributed by atoms with Crippen LogP contribution in [-0.2, 0) is 32.1 Å². The van der Waals surface area contributed by atoms with Gasteiger partial charge in [0.15, 0.2) is 5.84 Å². The van der Waals surface area contributed by atoms with Crippen molar-refractivity contribution in [1.82, 2.24) is 16.0 Å². The average molecular weight is 628 g/mol. The molecule has 0 aliphatic heterocycles. The minimum atomic E-state index is -0.485. The molecule has 0 aliphatic rings. The second-order valence-corrected chi connectivity index (χ2v) is 8.74. The Morgan fingerprint density at radius 3 is 1.60 bits per heavy atom. The van der Waals surface area contributed by atoms with Gasteiger partial charge in [0, 0.05) is 17.7 Å². The summed E-state index contributed by atoms with van der Waals surface area (Å²) in [4.78, 5) is 42.7. The number of carbonyl (C=O) groups excluding carboxylic acids is 4. The van der Waals surface area contributed by atoms with Crippen LogP contribution in [-0.4, -0.2) is 67.1 Å². The van der Waals surface area contributed by atoms with E-state index in [0.717, 1.165) is 17.5 Å².